The number of nitrogens with zero attached hydrogens (tertiary/aromatic N) is 2. The van der Waals surface area contributed by atoms with Gasteiger partial charge in [0.25, 0.3) is 0 Å². The molecule has 1 amide bonds. The average molecular weight is 293 g/mol. The van der Waals surface area contributed by atoms with Crippen LogP contribution in [0.1, 0.15) is 36.1 Å². The van der Waals surface area contributed by atoms with Crippen LogP contribution in [0.5, 0.6) is 5.75 Å². The van der Waals surface area contributed by atoms with Crippen LogP contribution >= 0.6 is 0 Å². The van der Waals surface area contributed by atoms with E-state index in [1.165, 1.54) is 6.42 Å². The smallest absolute Gasteiger partial charge is 0.236 e. The molecule has 116 valence electrons. The molecule has 0 atom stereocenters. The zero-order valence-electron chi connectivity index (χ0n) is 12.4. The van der Waals surface area contributed by atoms with Crippen molar-refractivity contribution in [2.75, 3.05) is 19.6 Å². The van der Waals surface area contributed by atoms with Crippen LogP contribution in [0.2, 0.25) is 0 Å². The van der Waals surface area contributed by atoms with Crippen molar-refractivity contribution in [1.29, 1.82) is 0 Å². The lowest BCUT2D eigenvalue weighted by Gasteiger charge is -2.26. The molecule has 1 fully saturated rings. The lowest BCUT2D eigenvalue weighted by molar-refractivity contribution is -0.131. The molecule has 1 saturated heterocycles. The van der Waals surface area contributed by atoms with E-state index in [1.807, 2.05) is 4.90 Å². The summed E-state index contributed by atoms with van der Waals surface area (Å²) in [5, 5.41) is 22.4. The van der Waals surface area contributed by atoms with E-state index < -0.39 is 0 Å². The maximum atomic E-state index is 12.0. The predicted molar refractivity (Wildman–Crippen MR) is 78.7 cm³/mol. The van der Waals surface area contributed by atoms with Crippen molar-refractivity contribution in [3.05, 3.63) is 23.0 Å². The number of piperidine rings is 1. The number of aromatic hydroxyl groups is 1. The van der Waals surface area contributed by atoms with Crippen LogP contribution in [-0.2, 0) is 17.9 Å². The maximum absolute atomic E-state index is 12.0. The first kappa shape index (κ1) is 15.7. The number of amides is 1. The van der Waals surface area contributed by atoms with E-state index in [2.05, 4.69) is 10.3 Å². The second-order valence-electron chi connectivity index (χ2n) is 5.40. The average Bonchev–Trinajstić information content (AvgIpc) is 2.52. The Balaban J connectivity index is 1.91. The van der Waals surface area contributed by atoms with Crippen LogP contribution in [0.15, 0.2) is 6.20 Å². The molecule has 0 radical (unpaired) electrons. The first-order valence-corrected chi connectivity index (χ1v) is 7.39. The summed E-state index contributed by atoms with van der Waals surface area (Å²) in [6.07, 6.45) is 4.90. The van der Waals surface area contributed by atoms with Gasteiger partial charge in [-0.1, -0.05) is 0 Å². The number of hydrogen-bond donors (Lipinski definition) is 3. The van der Waals surface area contributed by atoms with E-state index in [1.54, 1.807) is 13.1 Å². The summed E-state index contributed by atoms with van der Waals surface area (Å²) in [4.78, 5) is 17.9. The highest BCUT2D eigenvalue weighted by Gasteiger charge is 2.16. The Morgan fingerprint density at radius 2 is 2.10 bits per heavy atom. The third-order valence-electron chi connectivity index (χ3n) is 3.89. The first-order chi connectivity index (χ1) is 10.1. The highest BCUT2D eigenvalue weighted by molar-refractivity contribution is 5.78. The summed E-state index contributed by atoms with van der Waals surface area (Å²) in [6, 6.07) is 0. The third kappa shape index (κ3) is 3.92. The van der Waals surface area contributed by atoms with Crippen LogP contribution in [0, 0.1) is 6.92 Å². The Labute approximate surface area is 124 Å². The summed E-state index contributed by atoms with van der Waals surface area (Å²) in [6.45, 7) is 3.77. The summed E-state index contributed by atoms with van der Waals surface area (Å²) < 4.78 is 0. The van der Waals surface area contributed by atoms with Gasteiger partial charge in [0.1, 0.15) is 5.75 Å². The molecule has 2 rings (SSSR count). The van der Waals surface area contributed by atoms with E-state index in [0.717, 1.165) is 25.9 Å². The highest BCUT2D eigenvalue weighted by Crippen LogP contribution is 2.23. The van der Waals surface area contributed by atoms with Gasteiger partial charge in [0, 0.05) is 37.0 Å². The minimum Gasteiger partial charge on any atom is -0.506 e. The molecule has 6 heteroatoms. The van der Waals surface area contributed by atoms with Crippen molar-refractivity contribution in [3.8, 4) is 5.75 Å². The van der Waals surface area contributed by atoms with Gasteiger partial charge in [-0.2, -0.15) is 0 Å². The number of hydrogen-bond acceptors (Lipinski definition) is 5. The molecular formula is C15H23N3O3. The van der Waals surface area contributed by atoms with E-state index in [-0.39, 0.29) is 24.8 Å². The van der Waals surface area contributed by atoms with Crippen molar-refractivity contribution in [1.82, 2.24) is 15.2 Å². The zero-order chi connectivity index (χ0) is 15.2. The summed E-state index contributed by atoms with van der Waals surface area (Å²) in [5.74, 6) is 0.171. The van der Waals surface area contributed by atoms with Gasteiger partial charge in [0.05, 0.1) is 18.8 Å². The van der Waals surface area contributed by atoms with Crippen molar-refractivity contribution in [3.63, 3.8) is 0 Å². The fourth-order valence-electron chi connectivity index (χ4n) is 2.57. The van der Waals surface area contributed by atoms with Crippen molar-refractivity contribution in [2.24, 2.45) is 0 Å². The van der Waals surface area contributed by atoms with Gasteiger partial charge in [-0.15, -0.1) is 0 Å². The van der Waals surface area contributed by atoms with E-state index >= 15 is 0 Å². The summed E-state index contributed by atoms with van der Waals surface area (Å²) in [5.41, 5.74) is 1.71. The van der Waals surface area contributed by atoms with Gasteiger partial charge in [0.2, 0.25) is 5.91 Å². The number of carbonyl (C=O) groups is 1. The van der Waals surface area contributed by atoms with E-state index in [4.69, 9.17) is 0 Å². The molecule has 0 aromatic carbocycles. The predicted octanol–water partition coefficient (Wildman–Crippen LogP) is 0.690. The largest absolute Gasteiger partial charge is 0.506 e. The molecule has 1 aliphatic rings. The van der Waals surface area contributed by atoms with Gasteiger partial charge in [-0.3, -0.25) is 9.78 Å². The molecule has 1 aliphatic heterocycles. The number of aliphatic hydroxyl groups is 1. The second kappa shape index (κ2) is 7.38. The Morgan fingerprint density at radius 1 is 1.38 bits per heavy atom. The lowest BCUT2D eigenvalue weighted by Crippen LogP contribution is -2.41. The van der Waals surface area contributed by atoms with E-state index in [0.29, 0.717) is 23.4 Å². The number of nitrogens with one attached hydrogen (secondary N) is 1. The standard InChI is InChI=1S/C15H23N3O3/c1-11-15(21)13(12(10-19)7-17-11)8-16-9-14(20)18-5-3-2-4-6-18/h7,16,19,21H,2-6,8-10H2,1H3. The Bertz CT molecular complexity index is 499. The van der Waals surface area contributed by atoms with Crippen molar-refractivity contribution < 1.29 is 15.0 Å². The molecule has 0 spiro atoms. The molecular weight excluding hydrogens is 270 g/mol. The molecule has 1 aromatic heterocycles. The number of pyridine rings is 1. The normalized spacial score (nSPS) is 15.2. The van der Waals surface area contributed by atoms with E-state index in [9.17, 15) is 15.0 Å². The summed E-state index contributed by atoms with van der Waals surface area (Å²) >= 11 is 0. The molecule has 21 heavy (non-hydrogen) atoms. The first-order valence-electron chi connectivity index (χ1n) is 7.39. The van der Waals surface area contributed by atoms with Crippen molar-refractivity contribution in [2.45, 2.75) is 39.3 Å². The molecule has 6 nitrogen and oxygen atoms in total. The van der Waals surface area contributed by atoms with Gasteiger partial charge in [-0.05, 0) is 26.2 Å². The Kier molecular flexibility index (Phi) is 5.52. The number of aromatic nitrogens is 1. The SMILES string of the molecule is Cc1ncc(CO)c(CNCC(=O)N2CCCCC2)c1O. The Morgan fingerprint density at radius 3 is 2.76 bits per heavy atom. The lowest BCUT2D eigenvalue weighted by atomic mass is 10.1. The topological polar surface area (TPSA) is 85.7 Å². The van der Waals surface area contributed by atoms with Gasteiger partial charge in [-0.25, -0.2) is 0 Å². The fourth-order valence-corrected chi connectivity index (χ4v) is 2.57. The molecule has 0 aliphatic carbocycles. The van der Waals surface area contributed by atoms with Crippen LogP contribution < -0.4 is 5.32 Å². The number of aryl methyl sites for hydroxylation is 1. The minimum atomic E-state index is -0.183. The van der Waals surface area contributed by atoms with Crippen molar-refractivity contribution >= 4 is 5.91 Å². The zero-order valence-corrected chi connectivity index (χ0v) is 12.4. The third-order valence-corrected chi connectivity index (χ3v) is 3.89. The number of aliphatic hydroxyl groups excluding tert-OH is 1. The van der Waals surface area contributed by atoms with Crippen LogP contribution in [0.25, 0.3) is 0 Å². The summed E-state index contributed by atoms with van der Waals surface area (Å²) in [7, 11) is 0. The van der Waals surface area contributed by atoms with Crippen LogP contribution in [-0.4, -0.2) is 45.6 Å². The number of rotatable bonds is 5. The van der Waals surface area contributed by atoms with Gasteiger partial charge >= 0.3 is 0 Å². The quantitative estimate of drug-likeness (QED) is 0.743. The van der Waals surface area contributed by atoms with Gasteiger partial charge < -0.3 is 20.4 Å². The second-order valence-corrected chi connectivity index (χ2v) is 5.40. The maximum Gasteiger partial charge on any atom is 0.236 e. The van der Waals surface area contributed by atoms with Crippen LogP contribution in [0.4, 0.5) is 0 Å². The molecule has 1 aromatic rings. The monoisotopic (exact) mass is 293 g/mol. The fraction of sp³-hybridized carbons (Fsp3) is 0.600. The van der Waals surface area contributed by atoms with Gasteiger partial charge in [0.15, 0.2) is 0 Å². The highest BCUT2D eigenvalue weighted by atomic mass is 16.3. The molecule has 3 N–H and O–H groups in total. The number of carbonyl (C=O) groups excluding carboxylic acids is 1. The number of likely N-dealkylation sites (tertiary alicyclic amines) is 1. The Hall–Kier alpha value is -1.66. The molecule has 0 unspecified atom stereocenters. The molecule has 0 saturated carbocycles. The van der Waals surface area contributed by atoms with Crippen LogP contribution in [0.3, 0.4) is 0 Å². The minimum absolute atomic E-state index is 0.0828. The molecule has 2 heterocycles. The molecule has 0 bridgehead atoms.